The Bertz CT molecular complexity index is 291. The highest BCUT2D eigenvalue weighted by Gasteiger charge is 2.03. The normalized spacial score (nSPS) is 9.75. The van der Waals surface area contributed by atoms with E-state index in [2.05, 4.69) is 17.4 Å². The molecular weight excluding hydrogens is 148 g/mol. The lowest BCUT2D eigenvalue weighted by Gasteiger charge is -2.04. The molecule has 1 aromatic heterocycles. The zero-order chi connectivity index (χ0) is 8.97. The average Bonchev–Trinajstić information content (AvgIpc) is 2.47. The van der Waals surface area contributed by atoms with E-state index >= 15 is 0 Å². The van der Waals surface area contributed by atoms with Crippen LogP contribution >= 0.6 is 0 Å². The number of nitrogens with zero attached hydrogens (tertiary/aromatic N) is 1. The van der Waals surface area contributed by atoms with Crippen molar-refractivity contribution < 1.29 is 0 Å². The molecule has 0 aliphatic carbocycles. The van der Waals surface area contributed by atoms with Crippen molar-refractivity contribution in [1.82, 2.24) is 4.57 Å². The van der Waals surface area contributed by atoms with E-state index in [0.717, 1.165) is 6.42 Å². The molecule has 0 bridgehead atoms. The third-order valence-electron chi connectivity index (χ3n) is 1.99. The second-order valence-electron chi connectivity index (χ2n) is 2.68. The first-order valence-corrected chi connectivity index (χ1v) is 4.13. The molecule has 0 aliphatic rings. The molecule has 0 fully saturated rings. The summed E-state index contributed by atoms with van der Waals surface area (Å²) in [6, 6.07) is 2.04. The van der Waals surface area contributed by atoms with Gasteiger partial charge in [0, 0.05) is 18.4 Å². The average molecular weight is 162 g/mol. The van der Waals surface area contributed by atoms with Gasteiger partial charge in [-0.2, -0.15) is 0 Å². The van der Waals surface area contributed by atoms with Crippen LogP contribution in [0.5, 0.6) is 0 Å². The zero-order valence-electron chi connectivity index (χ0n) is 7.38. The predicted molar refractivity (Wildman–Crippen MR) is 50.5 cm³/mol. The highest BCUT2D eigenvalue weighted by atomic mass is 15.0. The molecule has 1 rings (SSSR count). The predicted octanol–water partition coefficient (Wildman–Crippen LogP) is 1.14. The van der Waals surface area contributed by atoms with Gasteiger partial charge in [0.15, 0.2) is 0 Å². The van der Waals surface area contributed by atoms with Crippen LogP contribution in [0.3, 0.4) is 0 Å². The summed E-state index contributed by atoms with van der Waals surface area (Å²) in [7, 11) is 0. The fourth-order valence-corrected chi connectivity index (χ4v) is 1.41. The molecule has 0 saturated heterocycles. The van der Waals surface area contributed by atoms with E-state index in [1.807, 2.05) is 12.3 Å². The fraction of sp³-hybridized carbons (Fsp3) is 0.400. The molecule has 1 heterocycles. The van der Waals surface area contributed by atoms with Gasteiger partial charge in [-0.1, -0.05) is 12.8 Å². The van der Waals surface area contributed by atoms with Gasteiger partial charge in [0.2, 0.25) is 0 Å². The van der Waals surface area contributed by atoms with Crippen LogP contribution < -0.4 is 5.73 Å². The highest BCUT2D eigenvalue weighted by molar-refractivity contribution is 5.23. The smallest absolute Gasteiger partial charge is 0.0831 e. The molecule has 0 unspecified atom stereocenters. The van der Waals surface area contributed by atoms with Crippen molar-refractivity contribution in [3.05, 3.63) is 23.5 Å². The van der Waals surface area contributed by atoms with Crippen molar-refractivity contribution in [2.45, 2.75) is 26.4 Å². The van der Waals surface area contributed by atoms with Crippen molar-refractivity contribution in [2.24, 2.45) is 5.73 Å². The Labute approximate surface area is 73.4 Å². The SMILES string of the molecule is C#CCn1ccc(CN)c1CC. The summed E-state index contributed by atoms with van der Waals surface area (Å²) in [4.78, 5) is 0. The van der Waals surface area contributed by atoms with Gasteiger partial charge >= 0.3 is 0 Å². The van der Waals surface area contributed by atoms with Crippen molar-refractivity contribution in [3.63, 3.8) is 0 Å². The van der Waals surface area contributed by atoms with Crippen LogP contribution in [0.1, 0.15) is 18.2 Å². The Hall–Kier alpha value is -1.20. The molecule has 0 atom stereocenters. The van der Waals surface area contributed by atoms with Gasteiger partial charge in [0.25, 0.3) is 0 Å². The molecule has 1 aromatic rings. The van der Waals surface area contributed by atoms with Crippen LogP contribution in [0.4, 0.5) is 0 Å². The molecule has 12 heavy (non-hydrogen) atoms. The second kappa shape index (κ2) is 3.99. The maximum Gasteiger partial charge on any atom is 0.0831 e. The lowest BCUT2D eigenvalue weighted by atomic mass is 10.2. The van der Waals surface area contributed by atoms with E-state index in [1.165, 1.54) is 11.3 Å². The van der Waals surface area contributed by atoms with E-state index in [4.69, 9.17) is 12.2 Å². The summed E-state index contributed by atoms with van der Waals surface area (Å²) in [5, 5.41) is 0. The van der Waals surface area contributed by atoms with Crippen molar-refractivity contribution in [3.8, 4) is 12.3 Å². The third-order valence-corrected chi connectivity index (χ3v) is 1.99. The molecule has 2 N–H and O–H groups in total. The van der Waals surface area contributed by atoms with E-state index in [0.29, 0.717) is 13.1 Å². The molecule has 2 nitrogen and oxygen atoms in total. The van der Waals surface area contributed by atoms with Gasteiger partial charge < -0.3 is 10.3 Å². The minimum absolute atomic E-state index is 0.598. The lowest BCUT2D eigenvalue weighted by Crippen LogP contribution is -2.04. The molecule has 0 saturated carbocycles. The minimum Gasteiger partial charge on any atom is -0.340 e. The lowest BCUT2D eigenvalue weighted by molar-refractivity contribution is 0.772. The van der Waals surface area contributed by atoms with Gasteiger partial charge in [0.1, 0.15) is 0 Å². The van der Waals surface area contributed by atoms with Crippen LogP contribution in [0, 0.1) is 12.3 Å². The first kappa shape index (κ1) is 8.89. The monoisotopic (exact) mass is 162 g/mol. The quantitative estimate of drug-likeness (QED) is 0.664. The summed E-state index contributed by atoms with van der Waals surface area (Å²) in [5.41, 5.74) is 8.03. The van der Waals surface area contributed by atoms with Crippen LogP contribution in [0.2, 0.25) is 0 Å². The Morgan fingerprint density at radius 2 is 2.42 bits per heavy atom. The van der Waals surface area contributed by atoms with E-state index in [9.17, 15) is 0 Å². The van der Waals surface area contributed by atoms with E-state index in [-0.39, 0.29) is 0 Å². The van der Waals surface area contributed by atoms with Gasteiger partial charge in [0.05, 0.1) is 6.54 Å². The summed E-state index contributed by atoms with van der Waals surface area (Å²) >= 11 is 0. The molecular formula is C10H14N2. The molecule has 0 aromatic carbocycles. The van der Waals surface area contributed by atoms with Gasteiger partial charge in [-0.05, 0) is 18.1 Å². The molecule has 64 valence electrons. The zero-order valence-corrected chi connectivity index (χ0v) is 7.38. The summed E-state index contributed by atoms with van der Waals surface area (Å²) in [6.45, 7) is 3.35. The highest BCUT2D eigenvalue weighted by Crippen LogP contribution is 2.10. The van der Waals surface area contributed by atoms with Crippen LogP contribution in [-0.4, -0.2) is 4.57 Å². The van der Waals surface area contributed by atoms with Gasteiger partial charge in [-0.15, -0.1) is 6.42 Å². The third kappa shape index (κ3) is 1.51. The Kier molecular flexibility index (Phi) is 2.95. The minimum atomic E-state index is 0.598. The van der Waals surface area contributed by atoms with Crippen LogP contribution in [0.15, 0.2) is 12.3 Å². The molecule has 0 aliphatic heterocycles. The topological polar surface area (TPSA) is 30.9 Å². The van der Waals surface area contributed by atoms with Gasteiger partial charge in [-0.25, -0.2) is 0 Å². The fourth-order valence-electron chi connectivity index (χ4n) is 1.41. The van der Waals surface area contributed by atoms with Crippen molar-refractivity contribution in [2.75, 3.05) is 0 Å². The van der Waals surface area contributed by atoms with Crippen LogP contribution in [0.25, 0.3) is 0 Å². The number of rotatable bonds is 3. The maximum absolute atomic E-state index is 5.57. The standard InChI is InChI=1S/C10H14N2/c1-3-6-12-7-5-9(8-11)10(12)4-2/h1,5,7H,4,6,8,11H2,2H3. The number of nitrogens with two attached hydrogens (primary N) is 1. The van der Waals surface area contributed by atoms with Crippen molar-refractivity contribution >= 4 is 0 Å². The number of aromatic nitrogens is 1. The summed E-state index contributed by atoms with van der Waals surface area (Å²) < 4.78 is 2.07. The van der Waals surface area contributed by atoms with Crippen LogP contribution in [-0.2, 0) is 19.5 Å². The van der Waals surface area contributed by atoms with Gasteiger partial charge in [-0.3, -0.25) is 0 Å². The van der Waals surface area contributed by atoms with Crippen molar-refractivity contribution in [1.29, 1.82) is 0 Å². The Morgan fingerprint density at radius 3 is 2.92 bits per heavy atom. The van der Waals surface area contributed by atoms with E-state index in [1.54, 1.807) is 0 Å². The Balaban J connectivity index is 2.98. The molecule has 0 amide bonds. The first-order valence-electron chi connectivity index (χ1n) is 4.13. The summed E-state index contributed by atoms with van der Waals surface area (Å²) in [6.07, 6.45) is 8.22. The summed E-state index contributed by atoms with van der Waals surface area (Å²) in [5.74, 6) is 2.62. The van der Waals surface area contributed by atoms with E-state index < -0.39 is 0 Å². The molecule has 0 radical (unpaired) electrons. The Morgan fingerprint density at radius 1 is 1.67 bits per heavy atom. The molecule has 2 heteroatoms. The first-order chi connectivity index (χ1) is 5.83. The molecule has 0 spiro atoms. The largest absolute Gasteiger partial charge is 0.340 e. The number of terminal acetylenes is 1. The number of hydrogen-bond acceptors (Lipinski definition) is 1. The number of hydrogen-bond donors (Lipinski definition) is 1. The maximum atomic E-state index is 5.57. The second-order valence-corrected chi connectivity index (χ2v) is 2.68.